The minimum Gasteiger partial charge on any atom is -0.440 e. The Labute approximate surface area is 146 Å². The molecule has 2 aromatic rings. The highest BCUT2D eigenvalue weighted by Crippen LogP contribution is 2.40. The Bertz CT molecular complexity index is 720. The zero-order valence-electron chi connectivity index (χ0n) is 13.7. The zero-order valence-corrected chi connectivity index (χ0v) is 14.5. The molecule has 6 heteroatoms. The van der Waals surface area contributed by atoms with Gasteiger partial charge in [0, 0.05) is 29.2 Å². The summed E-state index contributed by atoms with van der Waals surface area (Å²) in [7, 11) is 0. The molecule has 2 saturated carbocycles. The van der Waals surface area contributed by atoms with E-state index in [4.69, 9.17) is 4.42 Å². The normalized spacial score (nSPS) is 18.2. The molecule has 0 atom stereocenters. The lowest BCUT2D eigenvalue weighted by Crippen LogP contribution is -2.30. The van der Waals surface area contributed by atoms with Crippen molar-refractivity contribution < 1.29 is 9.21 Å². The predicted octanol–water partition coefficient (Wildman–Crippen LogP) is 4.50. The maximum Gasteiger partial charge on any atom is 0.319 e. The fourth-order valence-corrected chi connectivity index (χ4v) is 4.37. The number of benzene rings is 1. The topological polar surface area (TPSA) is 67.2 Å². The number of aromatic nitrogens is 1. The molecule has 4 rings (SSSR count). The minimum absolute atomic E-state index is 0.160. The first-order valence-electron chi connectivity index (χ1n) is 8.85. The fourth-order valence-electron chi connectivity index (χ4n) is 3.15. The third-order valence-electron chi connectivity index (χ3n) is 4.63. The second kappa shape index (κ2) is 7.05. The van der Waals surface area contributed by atoms with Gasteiger partial charge in [0.1, 0.15) is 5.52 Å². The number of rotatable bonds is 6. The Kier molecular flexibility index (Phi) is 4.65. The van der Waals surface area contributed by atoms with Crippen LogP contribution in [0.1, 0.15) is 50.3 Å². The monoisotopic (exact) mass is 345 g/mol. The van der Waals surface area contributed by atoms with Crippen molar-refractivity contribution in [3.8, 4) is 0 Å². The van der Waals surface area contributed by atoms with Crippen LogP contribution >= 0.6 is 11.8 Å². The molecule has 2 N–H and O–H groups in total. The van der Waals surface area contributed by atoms with E-state index in [9.17, 15) is 4.79 Å². The highest BCUT2D eigenvalue weighted by atomic mass is 32.2. The number of carbonyl (C=O) groups excluding carboxylic acids is 1. The number of thioether (sulfide) groups is 1. The van der Waals surface area contributed by atoms with Gasteiger partial charge in [0.15, 0.2) is 11.5 Å². The Morgan fingerprint density at radius 1 is 1.25 bits per heavy atom. The van der Waals surface area contributed by atoms with Crippen LogP contribution < -0.4 is 10.6 Å². The predicted molar refractivity (Wildman–Crippen MR) is 97.7 cm³/mol. The van der Waals surface area contributed by atoms with Gasteiger partial charge in [0.05, 0.1) is 0 Å². The Morgan fingerprint density at radius 2 is 2.08 bits per heavy atom. The lowest BCUT2D eigenvalue weighted by Gasteiger charge is -2.10. The second-order valence-electron chi connectivity index (χ2n) is 6.67. The average Bonchev–Trinajstić information content (AvgIpc) is 3.13. The summed E-state index contributed by atoms with van der Waals surface area (Å²) in [5, 5.41) is 6.59. The number of fused-ring (bicyclic) bond motifs is 1. The van der Waals surface area contributed by atoms with Crippen LogP contribution in [0.25, 0.3) is 11.1 Å². The van der Waals surface area contributed by atoms with Gasteiger partial charge >= 0.3 is 6.03 Å². The van der Waals surface area contributed by atoms with Gasteiger partial charge in [-0.2, -0.15) is 11.8 Å². The largest absolute Gasteiger partial charge is 0.440 e. The maximum absolute atomic E-state index is 12.0. The summed E-state index contributed by atoms with van der Waals surface area (Å²) >= 11 is 1.98. The van der Waals surface area contributed by atoms with Crippen molar-refractivity contribution >= 4 is 34.6 Å². The molecule has 1 aromatic heterocycles. The minimum atomic E-state index is -0.160. The molecule has 0 unspecified atom stereocenters. The van der Waals surface area contributed by atoms with Gasteiger partial charge < -0.3 is 15.1 Å². The number of oxazole rings is 1. The van der Waals surface area contributed by atoms with E-state index in [1.54, 1.807) is 0 Å². The third-order valence-corrected chi connectivity index (χ3v) is 6.01. The molecule has 0 spiro atoms. The number of hydrogen-bond donors (Lipinski definition) is 2. The van der Waals surface area contributed by atoms with Crippen molar-refractivity contribution in [1.29, 1.82) is 0 Å². The number of urea groups is 1. The van der Waals surface area contributed by atoms with Gasteiger partial charge in [0.2, 0.25) is 0 Å². The summed E-state index contributed by atoms with van der Waals surface area (Å²) < 4.78 is 5.74. The van der Waals surface area contributed by atoms with Gasteiger partial charge in [-0.15, -0.1) is 0 Å². The first-order chi connectivity index (χ1) is 11.8. The van der Waals surface area contributed by atoms with E-state index in [0.717, 1.165) is 33.7 Å². The summed E-state index contributed by atoms with van der Waals surface area (Å²) in [5.41, 5.74) is 2.35. The quantitative estimate of drug-likeness (QED) is 0.756. The third kappa shape index (κ3) is 3.86. The van der Waals surface area contributed by atoms with Crippen molar-refractivity contribution in [2.24, 2.45) is 0 Å². The summed E-state index contributed by atoms with van der Waals surface area (Å²) in [6, 6.07) is 5.45. The standard InChI is InChI=1S/C18H23N3O2S/c22-18(19-9-10-24-14-3-1-2-4-14)20-13-7-8-16-15(11-13)21-17(23-16)12-5-6-12/h7-8,11-12,14H,1-6,9-10H2,(H2,19,20,22). The van der Waals surface area contributed by atoms with E-state index in [1.807, 2.05) is 30.0 Å². The van der Waals surface area contributed by atoms with Crippen molar-refractivity contribution in [3.05, 3.63) is 24.1 Å². The van der Waals surface area contributed by atoms with Crippen molar-refractivity contribution in [3.63, 3.8) is 0 Å². The maximum atomic E-state index is 12.0. The molecule has 2 amide bonds. The molecule has 1 heterocycles. The van der Waals surface area contributed by atoms with Gasteiger partial charge in [-0.05, 0) is 43.9 Å². The molecule has 2 fully saturated rings. The Morgan fingerprint density at radius 3 is 2.88 bits per heavy atom. The molecule has 0 bridgehead atoms. The van der Waals surface area contributed by atoms with Crippen molar-refractivity contribution in [2.75, 3.05) is 17.6 Å². The molecule has 24 heavy (non-hydrogen) atoms. The smallest absolute Gasteiger partial charge is 0.319 e. The van der Waals surface area contributed by atoms with Gasteiger partial charge in [-0.25, -0.2) is 9.78 Å². The molecule has 2 aliphatic rings. The summed E-state index contributed by atoms with van der Waals surface area (Å²) in [6.45, 7) is 0.699. The summed E-state index contributed by atoms with van der Waals surface area (Å²) in [5.74, 6) is 2.30. The van der Waals surface area contributed by atoms with Gasteiger partial charge in [0.25, 0.3) is 0 Å². The first-order valence-corrected chi connectivity index (χ1v) is 9.90. The average molecular weight is 345 g/mol. The number of amides is 2. The number of carbonyl (C=O) groups is 1. The van der Waals surface area contributed by atoms with Gasteiger partial charge in [-0.3, -0.25) is 0 Å². The van der Waals surface area contributed by atoms with Crippen LogP contribution in [0.5, 0.6) is 0 Å². The molecule has 5 nitrogen and oxygen atoms in total. The Balaban J connectivity index is 1.26. The van der Waals surface area contributed by atoms with Crippen LogP contribution in [0.15, 0.2) is 22.6 Å². The van der Waals surface area contributed by atoms with Crippen LogP contribution in [-0.4, -0.2) is 28.6 Å². The molecular formula is C18H23N3O2S. The van der Waals surface area contributed by atoms with Crippen LogP contribution in [-0.2, 0) is 0 Å². The first kappa shape index (κ1) is 15.8. The van der Waals surface area contributed by atoms with Crippen LogP contribution in [0.4, 0.5) is 10.5 Å². The van der Waals surface area contributed by atoms with Crippen molar-refractivity contribution in [1.82, 2.24) is 10.3 Å². The molecule has 0 saturated heterocycles. The van der Waals surface area contributed by atoms with Crippen LogP contribution in [0, 0.1) is 0 Å². The van der Waals surface area contributed by atoms with E-state index in [0.29, 0.717) is 12.5 Å². The lowest BCUT2D eigenvalue weighted by molar-refractivity contribution is 0.252. The number of hydrogen-bond acceptors (Lipinski definition) is 4. The number of nitrogens with one attached hydrogen (secondary N) is 2. The SMILES string of the molecule is O=C(NCCSC1CCCC1)Nc1ccc2oc(C3CC3)nc2c1. The van der Waals surface area contributed by atoms with E-state index in [2.05, 4.69) is 15.6 Å². The zero-order chi connectivity index (χ0) is 16.4. The summed E-state index contributed by atoms with van der Waals surface area (Å²) in [4.78, 5) is 16.5. The van der Waals surface area contributed by atoms with Gasteiger partial charge in [-0.1, -0.05) is 12.8 Å². The highest BCUT2D eigenvalue weighted by Gasteiger charge is 2.28. The molecule has 0 aliphatic heterocycles. The highest BCUT2D eigenvalue weighted by molar-refractivity contribution is 7.99. The van der Waals surface area contributed by atoms with Crippen LogP contribution in [0.2, 0.25) is 0 Å². The van der Waals surface area contributed by atoms with E-state index in [1.165, 1.54) is 38.5 Å². The molecule has 0 radical (unpaired) electrons. The van der Waals surface area contributed by atoms with E-state index < -0.39 is 0 Å². The van der Waals surface area contributed by atoms with E-state index in [-0.39, 0.29) is 6.03 Å². The lowest BCUT2D eigenvalue weighted by atomic mass is 10.3. The Hall–Kier alpha value is -1.69. The van der Waals surface area contributed by atoms with E-state index >= 15 is 0 Å². The molecule has 128 valence electrons. The number of anilines is 1. The molecule has 2 aliphatic carbocycles. The fraction of sp³-hybridized carbons (Fsp3) is 0.556. The van der Waals surface area contributed by atoms with Crippen molar-refractivity contribution in [2.45, 2.75) is 49.7 Å². The summed E-state index contributed by atoms with van der Waals surface area (Å²) in [6.07, 6.45) is 7.71. The molecular weight excluding hydrogens is 322 g/mol. The van der Waals surface area contributed by atoms with Crippen LogP contribution in [0.3, 0.4) is 0 Å². The second-order valence-corrected chi connectivity index (χ2v) is 8.08. The molecule has 1 aromatic carbocycles. The number of nitrogens with zero attached hydrogens (tertiary/aromatic N) is 1.